The smallest absolute Gasteiger partial charge is 0.170 e. The van der Waals surface area contributed by atoms with Gasteiger partial charge >= 0.3 is 0 Å². The molecule has 0 aliphatic heterocycles. The maximum Gasteiger partial charge on any atom is 0.170 e. The molecular formula is C12H13ClO2. The predicted molar refractivity (Wildman–Crippen MR) is 62.4 cm³/mol. The van der Waals surface area contributed by atoms with E-state index in [0.717, 1.165) is 11.3 Å². The highest BCUT2D eigenvalue weighted by molar-refractivity contribution is 6.29. The number of rotatable bonds is 5. The van der Waals surface area contributed by atoms with Gasteiger partial charge in [-0.2, -0.15) is 0 Å². The highest BCUT2D eigenvalue weighted by atomic mass is 35.5. The summed E-state index contributed by atoms with van der Waals surface area (Å²) < 4.78 is 5.30. The Labute approximate surface area is 94.5 Å². The lowest BCUT2D eigenvalue weighted by Gasteiger charge is -2.01. The lowest BCUT2D eigenvalue weighted by atomic mass is 10.2. The quantitative estimate of drug-likeness (QED) is 0.568. The Morgan fingerprint density at radius 1 is 1.40 bits per heavy atom. The maximum atomic E-state index is 10.9. The average molecular weight is 225 g/mol. The molecule has 3 heteroatoms. The second-order valence-corrected chi connectivity index (χ2v) is 3.20. The van der Waals surface area contributed by atoms with Crippen molar-refractivity contribution in [2.45, 2.75) is 6.92 Å². The topological polar surface area (TPSA) is 26.3 Å². The van der Waals surface area contributed by atoms with Gasteiger partial charge in [-0.25, -0.2) is 0 Å². The van der Waals surface area contributed by atoms with Crippen molar-refractivity contribution in [2.75, 3.05) is 12.5 Å². The second-order valence-electron chi connectivity index (χ2n) is 2.94. The Kier molecular flexibility index (Phi) is 4.91. The van der Waals surface area contributed by atoms with Crippen molar-refractivity contribution in [3.63, 3.8) is 0 Å². The van der Waals surface area contributed by atoms with E-state index in [4.69, 9.17) is 16.3 Å². The van der Waals surface area contributed by atoms with E-state index in [1.165, 1.54) is 6.08 Å². The predicted octanol–water partition coefficient (Wildman–Crippen LogP) is 2.91. The van der Waals surface area contributed by atoms with E-state index in [1.54, 1.807) is 6.08 Å². The number of alkyl halides is 1. The van der Waals surface area contributed by atoms with Crippen molar-refractivity contribution in [2.24, 2.45) is 0 Å². The summed E-state index contributed by atoms with van der Waals surface area (Å²) in [6.45, 7) is 2.59. The highest BCUT2D eigenvalue weighted by Crippen LogP contribution is 2.12. The van der Waals surface area contributed by atoms with Gasteiger partial charge in [0, 0.05) is 0 Å². The van der Waals surface area contributed by atoms with Gasteiger partial charge < -0.3 is 4.74 Å². The Bertz CT molecular complexity index is 341. The van der Waals surface area contributed by atoms with E-state index < -0.39 is 0 Å². The van der Waals surface area contributed by atoms with Gasteiger partial charge in [0.05, 0.1) is 12.5 Å². The molecule has 0 atom stereocenters. The SMILES string of the molecule is CCOc1ccc(C=CC(=O)CCl)cc1. The van der Waals surface area contributed by atoms with Crippen LogP contribution in [0.3, 0.4) is 0 Å². The van der Waals surface area contributed by atoms with Gasteiger partial charge in [-0.05, 0) is 30.7 Å². The molecule has 0 radical (unpaired) electrons. The first kappa shape index (κ1) is 11.8. The van der Waals surface area contributed by atoms with Gasteiger partial charge in [0.2, 0.25) is 0 Å². The first-order valence-electron chi connectivity index (χ1n) is 4.76. The normalized spacial score (nSPS) is 10.5. The minimum Gasteiger partial charge on any atom is -0.494 e. The number of benzene rings is 1. The van der Waals surface area contributed by atoms with Gasteiger partial charge in [0.1, 0.15) is 5.75 Å². The molecule has 15 heavy (non-hydrogen) atoms. The lowest BCUT2D eigenvalue weighted by molar-refractivity contribution is -0.112. The number of allylic oxidation sites excluding steroid dienone is 1. The summed E-state index contributed by atoms with van der Waals surface area (Å²) in [5.41, 5.74) is 0.955. The largest absolute Gasteiger partial charge is 0.494 e. The fraction of sp³-hybridized carbons (Fsp3) is 0.250. The number of carbonyl (C=O) groups excluding carboxylic acids is 1. The molecule has 0 unspecified atom stereocenters. The van der Waals surface area contributed by atoms with Crippen molar-refractivity contribution in [3.05, 3.63) is 35.9 Å². The van der Waals surface area contributed by atoms with Crippen LogP contribution >= 0.6 is 11.6 Å². The van der Waals surface area contributed by atoms with Gasteiger partial charge in [-0.15, -0.1) is 11.6 Å². The minimum absolute atomic E-state index is 0.0214. The molecule has 1 aromatic carbocycles. The Hall–Kier alpha value is -1.28. The molecule has 1 rings (SSSR count). The second kappa shape index (κ2) is 6.25. The van der Waals surface area contributed by atoms with Gasteiger partial charge in [-0.1, -0.05) is 18.2 Å². The summed E-state index contributed by atoms with van der Waals surface area (Å²) in [7, 11) is 0. The molecular weight excluding hydrogens is 212 g/mol. The summed E-state index contributed by atoms with van der Waals surface area (Å²) in [6.07, 6.45) is 3.21. The molecule has 0 aromatic heterocycles. The van der Waals surface area contributed by atoms with Crippen LogP contribution in [0.1, 0.15) is 12.5 Å². The van der Waals surface area contributed by atoms with E-state index in [1.807, 2.05) is 31.2 Å². The van der Waals surface area contributed by atoms with Crippen LogP contribution in [-0.2, 0) is 4.79 Å². The minimum atomic E-state index is -0.0921. The first-order chi connectivity index (χ1) is 7.26. The highest BCUT2D eigenvalue weighted by Gasteiger charge is 1.93. The third-order valence-electron chi connectivity index (χ3n) is 1.78. The van der Waals surface area contributed by atoms with Crippen molar-refractivity contribution in [1.82, 2.24) is 0 Å². The maximum absolute atomic E-state index is 10.9. The van der Waals surface area contributed by atoms with Gasteiger partial charge in [0.25, 0.3) is 0 Å². The number of hydrogen-bond donors (Lipinski definition) is 0. The molecule has 0 bridgehead atoms. The number of carbonyl (C=O) groups is 1. The summed E-state index contributed by atoms with van der Waals surface area (Å²) in [4.78, 5) is 10.9. The summed E-state index contributed by atoms with van der Waals surface area (Å²) in [6, 6.07) is 7.52. The molecule has 0 spiro atoms. The van der Waals surface area contributed by atoms with E-state index >= 15 is 0 Å². The third kappa shape index (κ3) is 4.17. The first-order valence-corrected chi connectivity index (χ1v) is 5.29. The summed E-state index contributed by atoms with van der Waals surface area (Å²) in [5.74, 6) is 0.761. The van der Waals surface area contributed by atoms with Crippen molar-refractivity contribution in [3.8, 4) is 5.75 Å². The van der Waals surface area contributed by atoms with Crippen LogP contribution in [0, 0.1) is 0 Å². The van der Waals surface area contributed by atoms with Crippen LogP contribution in [0.2, 0.25) is 0 Å². The van der Waals surface area contributed by atoms with Crippen molar-refractivity contribution in [1.29, 1.82) is 0 Å². The monoisotopic (exact) mass is 224 g/mol. The number of ether oxygens (including phenoxy) is 1. The summed E-state index contributed by atoms with van der Waals surface area (Å²) >= 11 is 5.36. The van der Waals surface area contributed by atoms with E-state index in [-0.39, 0.29) is 11.7 Å². The van der Waals surface area contributed by atoms with E-state index in [9.17, 15) is 4.79 Å². The van der Waals surface area contributed by atoms with E-state index in [0.29, 0.717) is 6.61 Å². The molecule has 0 N–H and O–H groups in total. The van der Waals surface area contributed by atoms with Crippen LogP contribution in [0.5, 0.6) is 5.75 Å². The fourth-order valence-electron chi connectivity index (χ4n) is 1.08. The zero-order chi connectivity index (χ0) is 11.1. The van der Waals surface area contributed by atoms with E-state index in [2.05, 4.69) is 0 Å². The van der Waals surface area contributed by atoms with Crippen LogP contribution in [0.15, 0.2) is 30.3 Å². The molecule has 0 heterocycles. The molecule has 80 valence electrons. The molecule has 0 saturated carbocycles. The fourth-order valence-corrected chi connectivity index (χ4v) is 1.16. The molecule has 0 fully saturated rings. The Morgan fingerprint density at radius 3 is 2.60 bits per heavy atom. The third-order valence-corrected chi connectivity index (χ3v) is 2.05. The molecule has 2 nitrogen and oxygen atoms in total. The zero-order valence-electron chi connectivity index (χ0n) is 8.57. The standard InChI is InChI=1S/C12H13ClO2/c1-2-15-12-7-4-10(5-8-12)3-6-11(14)9-13/h3-8H,2,9H2,1H3. The van der Waals surface area contributed by atoms with Crippen LogP contribution < -0.4 is 4.74 Å². The van der Waals surface area contributed by atoms with Crippen molar-refractivity contribution < 1.29 is 9.53 Å². The number of halogens is 1. The number of ketones is 1. The van der Waals surface area contributed by atoms with Gasteiger partial charge in [0.15, 0.2) is 5.78 Å². The lowest BCUT2D eigenvalue weighted by Crippen LogP contribution is -1.92. The van der Waals surface area contributed by atoms with Gasteiger partial charge in [-0.3, -0.25) is 4.79 Å². The Balaban J connectivity index is 2.64. The molecule has 0 aliphatic carbocycles. The molecule has 0 saturated heterocycles. The zero-order valence-corrected chi connectivity index (χ0v) is 9.33. The molecule has 1 aromatic rings. The average Bonchev–Trinajstić information content (AvgIpc) is 2.28. The van der Waals surface area contributed by atoms with Crippen LogP contribution in [0.4, 0.5) is 0 Å². The number of hydrogen-bond acceptors (Lipinski definition) is 2. The molecule has 0 amide bonds. The van der Waals surface area contributed by atoms with Crippen LogP contribution in [-0.4, -0.2) is 18.3 Å². The summed E-state index contributed by atoms with van der Waals surface area (Å²) in [5, 5.41) is 0. The Morgan fingerprint density at radius 2 is 2.07 bits per heavy atom. The van der Waals surface area contributed by atoms with Crippen molar-refractivity contribution >= 4 is 23.5 Å². The van der Waals surface area contributed by atoms with Crippen LogP contribution in [0.25, 0.3) is 6.08 Å². The molecule has 0 aliphatic rings.